The van der Waals surface area contributed by atoms with Crippen LogP contribution in [0.4, 0.5) is 0 Å². The second-order valence-corrected chi connectivity index (χ2v) is 7.11. The van der Waals surface area contributed by atoms with E-state index in [9.17, 15) is 0 Å². The van der Waals surface area contributed by atoms with Crippen molar-refractivity contribution in [3.05, 3.63) is 35.9 Å². The van der Waals surface area contributed by atoms with E-state index in [1.807, 2.05) is 0 Å². The lowest BCUT2D eigenvalue weighted by Gasteiger charge is -2.36. The van der Waals surface area contributed by atoms with Gasteiger partial charge in [0.2, 0.25) is 0 Å². The maximum Gasteiger partial charge on any atom is 0.0746 e. The normalized spacial score (nSPS) is 25.2. The van der Waals surface area contributed by atoms with Crippen molar-refractivity contribution >= 4 is 17.2 Å². The Labute approximate surface area is 133 Å². The fourth-order valence-corrected chi connectivity index (χ4v) is 4.50. The van der Waals surface area contributed by atoms with Crippen molar-refractivity contribution < 1.29 is 0 Å². The van der Waals surface area contributed by atoms with E-state index in [0.29, 0.717) is 11.0 Å². The Morgan fingerprint density at radius 3 is 2.52 bits per heavy atom. The highest BCUT2D eigenvalue weighted by atomic mass is 32.1. The molecule has 1 aliphatic heterocycles. The molecule has 3 rings (SSSR count). The van der Waals surface area contributed by atoms with Crippen molar-refractivity contribution in [1.29, 1.82) is 0 Å². The van der Waals surface area contributed by atoms with E-state index in [1.54, 1.807) is 0 Å². The number of hydrogen-bond donors (Lipinski definition) is 1. The minimum Gasteiger partial charge on any atom is -0.393 e. The first-order valence-electron chi connectivity index (χ1n) is 8.34. The Bertz CT molecular complexity index is 467. The fourth-order valence-electron chi connectivity index (χ4n) is 4.34. The van der Waals surface area contributed by atoms with Gasteiger partial charge >= 0.3 is 0 Å². The van der Waals surface area contributed by atoms with Crippen LogP contribution in [-0.4, -0.2) is 22.5 Å². The molecule has 2 fully saturated rings. The summed E-state index contributed by atoms with van der Waals surface area (Å²) in [5.74, 6) is 0.894. The third-order valence-electron chi connectivity index (χ3n) is 5.27. The lowest BCUT2D eigenvalue weighted by atomic mass is 9.93. The smallest absolute Gasteiger partial charge is 0.0746 e. The first-order valence-corrected chi connectivity index (χ1v) is 8.75. The summed E-state index contributed by atoms with van der Waals surface area (Å²) in [6.45, 7) is 1.20. The highest BCUT2D eigenvalue weighted by Gasteiger charge is 2.37. The molecule has 2 atom stereocenters. The molecular weight excluding hydrogens is 276 g/mol. The third kappa shape index (κ3) is 3.46. The summed E-state index contributed by atoms with van der Waals surface area (Å²) in [5, 5.41) is 0. The van der Waals surface area contributed by atoms with Crippen molar-refractivity contribution in [2.75, 3.05) is 6.54 Å². The summed E-state index contributed by atoms with van der Waals surface area (Å²) in [6, 6.07) is 11.9. The highest BCUT2D eigenvalue weighted by Crippen LogP contribution is 2.40. The highest BCUT2D eigenvalue weighted by molar-refractivity contribution is 7.80. The van der Waals surface area contributed by atoms with Crippen LogP contribution in [0.2, 0.25) is 0 Å². The number of nitrogens with zero attached hydrogens (tertiary/aromatic N) is 1. The summed E-state index contributed by atoms with van der Waals surface area (Å²) in [5.41, 5.74) is 7.27. The molecule has 2 nitrogen and oxygen atoms in total. The van der Waals surface area contributed by atoms with Crippen LogP contribution in [0.1, 0.15) is 56.6 Å². The van der Waals surface area contributed by atoms with Crippen LogP contribution in [0, 0.1) is 5.92 Å². The second-order valence-electron chi connectivity index (χ2n) is 6.59. The van der Waals surface area contributed by atoms with E-state index >= 15 is 0 Å². The van der Waals surface area contributed by atoms with Gasteiger partial charge in [-0.15, -0.1) is 0 Å². The van der Waals surface area contributed by atoms with Crippen molar-refractivity contribution in [2.24, 2.45) is 11.7 Å². The summed E-state index contributed by atoms with van der Waals surface area (Å²) >= 11 is 5.23. The zero-order valence-electron chi connectivity index (χ0n) is 12.7. The van der Waals surface area contributed by atoms with Gasteiger partial charge in [0.05, 0.1) is 4.99 Å². The van der Waals surface area contributed by atoms with Crippen molar-refractivity contribution in [3.8, 4) is 0 Å². The van der Waals surface area contributed by atoms with E-state index < -0.39 is 0 Å². The lowest BCUT2D eigenvalue weighted by Crippen LogP contribution is -2.39. The van der Waals surface area contributed by atoms with Gasteiger partial charge in [0, 0.05) is 18.5 Å². The summed E-state index contributed by atoms with van der Waals surface area (Å²) < 4.78 is 0. The maximum absolute atomic E-state index is 5.90. The van der Waals surface area contributed by atoms with Gasteiger partial charge in [0.15, 0.2) is 0 Å². The Kier molecular flexibility index (Phi) is 4.91. The van der Waals surface area contributed by atoms with Gasteiger partial charge in [-0.05, 0) is 43.7 Å². The Balaban J connectivity index is 1.82. The summed E-state index contributed by atoms with van der Waals surface area (Å²) in [6.07, 6.45) is 9.14. The molecule has 1 aliphatic carbocycles. The second kappa shape index (κ2) is 6.89. The first kappa shape index (κ1) is 15.0. The van der Waals surface area contributed by atoms with Crippen LogP contribution in [0.5, 0.6) is 0 Å². The van der Waals surface area contributed by atoms with Crippen molar-refractivity contribution in [1.82, 2.24) is 4.90 Å². The standard InChI is InChI=1S/C18H26N2S/c19-18(21)13-17(15-7-2-1-3-8-15)20-12-6-11-16(20)14-9-4-5-10-14/h1-3,7-8,14,16-17H,4-6,9-13H2,(H2,19,21). The molecule has 1 saturated heterocycles. The first-order chi connectivity index (χ1) is 10.3. The van der Waals surface area contributed by atoms with Crippen molar-refractivity contribution in [2.45, 2.75) is 57.0 Å². The monoisotopic (exact) mass is 302 g/mol. The van der Waals surface area contributed by atoms with E-state index in [2.05, 4.69) is 35.2 Å². The Morgan fingerprint density at radius 2 is 1.86 bits per heavy atom. The van der Waals surface area contributed by atoms with Crippen LogP contribution in [0.15, 0.2) is 30.3 Å². The summed E-state index contributed by atoms with van der Waals surface area (Å²) in [4.78, 5) is 3.35. The topological polar surface area (TPSA) is 29.3 Å². The zero-order valence-corrected chi connectivity index (χ0v) is 13.5. The van der Waals surface area contributed by atoms with Crippen LogP contribution >= 0.6 is 12.2 Å². The van der Waals surface area contributed by atoms with E-state index in [0.717, 1.165) is 18.4 Å². The minimum atomic E-state index is 0.372. The number of nitrogens with two attached hydrogens (primary N) is 1. The van der Waals surface area contributed by atoms with Crippen LogP contribution < -0.4 is 5.73 Å². The van der Waals surface area contributed by atoms with Gasteiger partial charge in [-0.3, -0.25) is 4.90 Å². The van der Waals surface area contributed by atoms with Crippen molar-refractivity contribution in [3.63, 3.8) is 0 Å². The van der Waals surface area contributed by atoms with E-state index in [4.69, 9.17) is 18.0 Å². The van der Waals surface area contributed by atoms with Crippen LogP contribution in [0.3, 0.4) is 0 Å². The molecule has 2 aliphatic rings. The summed E-state index contributed by atoms with van der Waals surface area (Å²) in [7, 11) is 0. The lowest BCUT2D eigenvalue weighted by molar-refractivity contribution is 0.138. The fraction of sp³-hybridized carbons (Fsp3) is 0.611. The number of benzene rings is 1. The quantitative estimate of drug-likeness (QED) is 0.832. The molecule has 21 heavy (non-hydrogen) atoms. The average molecular weight is 302 g/mol. The molecule has 1 aromatic rings. The van der Waals surface area contributed by atoms with Gasteiger partial charge < -0.3 is 5.73 Å². The Hall–Kier alpha value is -0.930. The Morgan fingerprint density at radius 1 is 1.14 bits per heavy atom. The number of rotatable bonds is 5. The maximum atomic E-state index is 5.90. The molecule has 0 bridgehead atoms. The molecule has 1 heterocycles. The van der Waals surface area contributed by atoms with Gasteiger partial charge in [-0.1, -0.05) is 55.4 Å². The molecule has 0 amide bonds. The zero-order chi connectivity index (χ0) is 14.7. The predicted molar refractivity (Wildman–Crippen MR) is 92.3 cm³/mol. The van der Waals surface area contributed by atoms with E-state index in [-0.39, 0.29) is 0 Å². The molecule has 0 radical (unpaired) electrons. The number of thiocarbonyl (C=S) groups is 1. The third-order valence-corrected chi connectivity index (χ3v) is 5.43. The van der Waals surface area contributed by atoms with Crippen LogP contribution in [-0.2, 0) is 0 Å². The molecule has 0 aromatic heterocycles. The molecule has 1 saturated carbocycles. The molecule has 1 aromatic carbocycles. The van der Waals surface area contributed by atoms with Gasteiger partial charge in [0.1, 0.15) is 0 Å². The molecule has 114 valence electrons. The largest absolute Gasteiger partial charge is 0.393 e. The average Bonchev–Trinajstić information content (AvgIpc) is 3.16. The molecule has 2 N–H and O–H groups in total. The van der Waals surface area contributed by atoms with Gasteiger partial charge in [0.25, 0.3) is 0 Å². The SMILES string of the molecule is NC(=S)CC(c1ccccc1)N1CCCC1C1CCCC1. The minimum absolute atomic E-state index is 0.372. The predicted octanol–water partition coefficient (Wildman–Crippen LogP) is 4.06. The van der Waals surface area contributed by atoms with E-state index in [1.165, 1.54) is 50.6 Å². The number of hydrogen-bond acceptors (Lipinski definition) is 2. The molecule has 2 unspecified atom stereocenters. The molecular formula is C18H26N2S. The molecule has 3 heteroatoms. The van der Waals surface area contributed by atoms with Gasteiger partial charge in [-0.25, -0.2) is 0 Å². The number of likely N-dealkylation sites (tertiary alicyclic amines) is 1. The van der Waals surface area contributed by atoms with Crippen LogP contribution in [0.25, 0.3) is 0 Å². The van der Waals surface area contributed by atoms with Gasteiger partial charge in [-0.2, -0.15) is 0 Å². The molecule has 0 spiro atoms.